The van der Waals surface area contributed by atoms with E-state index in [4.69, 9.17) is 4.74 Å². The highest BCUT2D eigenvalue weighted by molar-refractivity contribution is 5.71. The molecule has 0 aromatic carbocycles. The first kappa shape index (κ1) is 20.1. The topological polar surface area (TPSA) is 46.5 Å². The number of aliphatic hydroxyl groups is 1. The average Bonchev–Trinajstić information content (AvgIpc) is 3.19. The van der Waals surface area contributed by atoms with Crippen molar-refractivity contribution in [3.63, 3.8) is 0 Å². The maximum atomic E-state index is 11.8. The second-order valence-electron chi connectivity index (χ2n) is 12.5. The molecule has 0 bridgehead atoms. The number of ether oxygens (including phenoxy) is 1. The quantitative estimate of drug-likeness (QED) is 0.466. The highest BCUT2D eigenvalue weighted by Crippen LogP contribution is 2.73. The fourth-order valence-electron chi connectivity index (χ4n) is 9.29. The molecular formula is C26H40O3. The molecule has 0 spiro atoms. The Morgan fingerprint density at radius 3 is 2.48 bits per heavy atom. The molecule has 0 aromatic heterocycles. The second-order valence-corrected chi connectivity index (χ2v) is 12.5. The summed E-state index contributed by atoms with van der Waals surface area (Å²) in [6.07, 6.45) is 11.3. The Hall–Kier alpha value is -0.830. The van der Waals surface area contributed by atoms with Crippen LogP contribution in [-0.2, 0) is 9.53 Å². The van der Waals surface area contributed by atoms with Gasteiger partial charge in [-0.15, -0.1) is 0 Å². The number of hydrogen-bond acceptors (Lipinski definition) is 3. The van der Waals surface area contributed by atoms with Crippen molar-refractivity contribution in [2.75, 3.05) is 6.61 Å². The van der Waals surface area contributed by atoms with Crippen LogP contribution in [0.4, 0.5) is 0 Å². The van der Waals surface area contributed by atoms with Crippen molar-refractivity contribution >= 4 is 5.97 Å². The Balaban J connectivity index is 1.51. The summed E-state index contributed by atoms with van der Waals surface area (Å²) in [5.74, 6) is 2.26. The van der Waals surface area contributed by atoms with Gasteiger partial charge in [0.15, 0.2) is 0 Å². The molecule has 0 amide bonds. The van der Waals surface area contributed by atoms with Crippen molar-refractivity contribution in [3.8, 4) is 0 Å². The molecular weight excluding hydrogens is 360 g/mol. The van der Waals surface area contributed by atoms with E-state index in [0.29, 0.717) is 42.1 Å². The van der Waals surface area contributed by atoms with Gasteiger partial charge in [-0.25, -0.2) is 0 Å². The fraction of sp³-hybridized carbons (Fsp3) is 0.885. The van der Waals surface area contributed by atoms with E-state index in [0.717, 1.165) is 19.3 Å². The molecule has 1 N–H and O–H groups in total. The van der Waals surface area contributed by atoms with Crippen molar-refractivity contribution in [1.82, 2.24) is 0 Å². The number of allylic oxidation sites excluding steroid dienone is 2. The maximum Gasteiger partial charge on any atom is 0.306 e. The summed E-state index contributed by atoms with van der Waals surface area (Å²) < 4.78 is 5.38. The van der Waals surface area contributed by atoms with Gasteiger partial charge in [-0.3, -0.25) is 4.79 Å². The Morgan fingerprint density at radius 1 is 1.03 bits per heavy atom. The predicted octanol–water partition coefficient (Wildman–Crippen LogP) is 5.52. The molecule has 5 aliphatic rings. The number of esters is 1. The molecule has 29 heavy (non-hydrogen) atoms. The molecule has 1 saturated heterocycles. The lowest BCUT2D eigenvalue weighted by Gasteiger charge is -2.64. The Kier molecular flexibility index (Phi) is 4.24. The zero-order valence-electron chi connectivity index (χ0n) is 19.1. The van der Waals surface area contributed by atoms with Crippen molar-refractivity contribution in [2.45, 2.75) is 92.1 Å². The smallest absolute Gasteiger partial charge is 0.306 e. The summed E-state index contributed by atoms with van der Waals surface area (Å²) in [7, 11) is 0. The highest BCUT2D eigenvalue weighted by Gasteiger charge is 2.65. The van der Waals surface area contributed by atoms with Gasteiger partial charge in [0, 0.05) is 5.92 Å². The van der Waals surface area contributed by atoms with E-state index >= 15 is 0 Å². The summed E-state index contributed by atoms with van der Waals surface area (Å²) in [6, 6.07) is 0. The van der Waals surface area contributed by atoms with E-state index in [-0.39, 0.29) is 28.3 Å². The normalized spacial score (nSPS) is 53.5. The second kappa shape index (κ2) is 6.11. The van der Waals surface area contributed by atoms with Crippen LogP contribution < -0.4 is 0 Å². The molecule has 8 atom stereocenters. The number of rotatable bonds is 1. The molecule has 4 fully saturated rings. The van der Waals surface area contributed by atoms with Gasteiger partial charge < -0.3 is 9.84 Å². The Bertz CT molecular complexity index is 753. The van der Waals surface area contributed by atoms with Crippen LogP contribution in [-0.4, -0.2) is 23.8 Å². The minimum atomic E-state index is -0.171. The third kappa shape index (κ3) is 2.43. The largest absolute Gasteiger partial charge is 0.465 e. The minimum Gasteiger partial charge on any atom is -0.465 e. The summed E-state index contributed by atoms with van der Waals surface area (Å²) >= 11 is 0. The zero-order chi connectivity index (χ0) is 20.8. The molecule has 3 nitrogen and oxygen atoms in total. The lowest BCUT2D eigenvalue weighted by Crippen LogP contribution is -2.58. The SMILES string of the molecule is CC1(C)[C@H](O)CC[C@]2(C)[C@H]3CC[C@@]4(C)[C@H](C5COC(=O)C5)CC[C@]4(C)C3=CC[C@@H]12. The summed E-state index contributed by atoms with van der Waals surface area (Å²) in [4.78, 5) is 11.8. The van der Waals surface area contributed by atoms with Gasteiger partial charge >= 0.3 is 5.97 Å². The summed E-state index contributed by atoms with van der Waals surface area (Å²) in [5, 5.41) is 10.7. The Labute approximate surface area is 176 Å². The maximum absolute atomic E-state index is 11.8. The van der Waals surface area contributed by atoms with Crippen LogP contribution in [0.25, 0.3) is 0 Å². The Morgan fingerprint density at radius 2 is 1.79 bits per heavy atom. The first-order valence-corrected chi connectivity index (χ1v) is 12.1. The highest BCUT2D eigenvalue weighted by atomic mass is 16.5. The van der Waals surface area contributed by atoms with Crippen LogP contribution in [0.1, 0.15) is 86.0 Å². The van der Waals surface area contributed by atoms with Gasteiger partial charge in [0.05, 0.1) is 19.1 Å². The van der Waals surface area contributed by atoms with E-state index in [9.17, 15) is 9.90 Å². The van der Waals surface area contributed by atoms with Crippen LogP contribution in [0.5, 0.6) is 0 Å². The van der Waals surface area contributed by atoms with Crippen molar-refractivity contribution in [1.29, 1.82) is 0 Å². The molecule has 1 heterocycles. The van der Waals surface area contributed by atoms with Crippen LogP contribution in [0.2, 0.25) is 0 Å². The summed E-state index contributed by atoms with van der Waals surface area (Å²) in [6.45, 7) is 12.9. The van der Waals surface area contributed by atoms with Gasteiger partial charge in [0.25, 0.3) is 0 Å². The van der Waals surface area contributed by atoms with Gasteiger partial charge in [-0.2, -0.15) is 0 Å². The van der Waals surface area contributed by atoms with Crippen LogP contribution in [0.3, 0.4) is 0 Å². The van der Waals surface area contributed by atoms with Crippen molar-refractivity contribution in [2.24, 2.45) is 45.3 Å². The van der Waals surface area contributed by atoms with E-state index in [1.165, 1.54) is 25.7 Å². The first-order valence-electron chi connectivity index (χ1n) is 12.1. The summed E-state index contributed by atoms with van der Waals surface area (Å²) in [5.41, 5.74) is 2.57. The van der Waals surface area contributed by atoms with Crippen LogP contribution >= 0.6 is 0 Å². The molecule has 162 valence electrons. The van der Waals surface area contributed by atoms with E-state index in [2.05, 4.69) is 40.7 Å². The monoisotopic (exact) mass is 400 g/mol. The van der Waals surface area contributed by atoms with Crippen molar-refractivity contribution < 1.29 is 14.6 Å². The molecule has 1 unspecified atom stereocenters. The number of fused-ring (bicyclic) bond motifs is 5. The lowest BCUT2D eigenvalue weighted by atomic mass is 9.41. The van der Waals surface area contributed by atoms with E-state index < -0.39 is 0 Å². The van der Waals surface area contributed by atoms with Gasteiger partial charge in [-0.05, 0) is 84.4 Å². The third-order valence-electron chi connectivity index (χ3n) is 11.3. The number of carbonyl (C=O) groups is 1. The molecule has 1 aliphatic heterocycles. The molecule has 3 heteroatoms. The number of carbonyl (C=O) groups excluding carboxylic acids is 1. The number of hydrogen-bond donors (Lipinski definition) is 1. The van der Waals surface area contributed by atoms with Gasteiger partial charge in [0.2, 0.25) is 0 Å². The molecule has 3 saturated carbocycles. The van der Waals surface area contributed by atoms with Crippen molar-refractivity contribution in [3.05, 3.63) is 11.6 Å². The van der Waals surface area contributed by atoms with E-state index in [1.54, 1.807) is 5.57 Å². The third-order valence-corrected chi connectivity index (χ3v) is 11.3. The zero-order valence-corrected chi connectivity index (χ0v) is 19.1. The van der Waals surface area contributed by atoms with Gasteiger partial charge in [0.1, 0.15) is 0 Å². The minimum absolute atomic E-state index is 0.00353. The standard InChI is InChI=1S/C26H40O3/c1-23(2)20-7-6-19-18(24(20,3)11-10-21(23)27)9-13-25(4)17(8-12-26(19,25)5)16-14-22(28)29-15-16/h6,16-18,20-21,27H,7-15H2,1-5H3/t16?,17-,18-,20-,21+,24+,25-,26+/m0/s1. The molecule has 5 rings (SSSR count). The fourth-order valence-corrected chi connectivity index (χ4v) is 9.29. The predicted molar refractivity (Wildman–Crippen MR) is 114 cm³/mol. The lowest BCUT2D eigenvalue weighted by molar-refractivity contribution is -0.137. The average molecular weight is 401 g/mol. The number of cyclic esters (lactones) is 1. The van der Waals surface area contributed by atoms with E-state index in [1.807, 2.05) is 0 Å². The van der Waals surface area contributed by atoms with Gasteiger partial charge in [-0.1, -0.05) is 46.3 Å². The molecule has 0 radical (unpaired) electrons. The van der Waals surface area contributed by atoms with Crippen LogP contribution in [0.15, 0.2) is 11.6 Å². The van der Waals surface area contributed by atoms with Crippen LogP contribution in [0, 0.1) is 45.3 Å². The number of aliphatic hydroxyl groups excluding tert-OH is 1. The first-order chi connectivity index (χ1) is 13.5. The molecule has 4 aliphatic carbocycles. The molecule has 0 aromatic rings.